The lowest BCUT2D eigenvalue weighted by Gasteiger charge is -2.14. The monoisotopic (exact) mass is 429 g/mol. The molecule has 1 aromatic rings. The Morgan fingerprint density at radius 1 is 0.839 bits per heavy atom. The van der Waals surface area contributed by atoms with E-state index < -0.39 is 12.0 Å². The van der Waals surface area contributed by atoms with Crippen LogP contribution in [0.2, 0.25) is 0 Å². The zero-order chi connectivity index (χ0) is 22.6. The van der Waals surface area contributed by atoms with E-state index in [4.69, 9.17) is 0 Å². The third kappa shape index (κ3) is 15.4. The van der Waals surface area contributed by atoms with Gasteiger partial charge in [-0.25, -0.2) is 4.79 Å². The number of unbranched alkanes of at least 4 members (excludes halogenated alkanes) is 11. The first-order valence-corrected chi connectivity index (χ1v) is 12.3. The quantitative estimate of drug-likeness (QED) is 0.187. The summed E-state index contributed by atoms with van der Waals surface area (Å²) < 4.78 is 0. The van der Waals surface area contributed by atoms with Crippen molar-refractivity contribution in [2.75, 3.05) is 0 Å². The summed E-state index contributed by atoms with van der Waals surface area (Å²) in [5, 5.41) is 12.0. The highest BCUT2D eigenvalue weighted by atomic mass is 16.4. The van der Waals surface area contributed by atoms with Crippen LogP contribution in [0.3, 0.4) is 0 Å². The molecule has 0 fully saturated rings. The first-order chi connectivity index (χ1) is 15.1. The topological polar surface area (TPSA) is 66.4 Å². The molecule has 0 bridgehead atoms. The summed E-state index contributed by atoms with van der Waals surface area (Å²) in [6, 6.07) is 8.55. The molecule has 0 aliphatic heterocycles. The van der Waals surface area contributed by atoms with Crippen LogP contribution in [0.25, 0.3) is 0 Å². The largest absolute Gasteiger partial charge is 0.480 e. The zero-order valence-electron chi connectivity index (χ0n) is 19.5. The van der Waals surface area contributed by atoms with E-state index in [-0.39, 0.29) is 5.91 Å². The van der Waals surface area contributed by atoms with Crippen LogP contribution in [0.4, 0.5) is 0 Å². The van der Waals surface area contributed by atoms with Crippen LogP contribution in [0, 0.1) is 0 Å². The maximum absolute atomic E-state index is 12.1. The van der Waals surface area contributed by atoms with Crippen molar-refractivity contribution in [3.8, 4) is 0 Å². The van der Waals surface area contributed by atoms with E-state index >= 15 is 0 Å². The van der Waals surface area contributed by atoms with E-state index in [1.54, 1.807) is 0 Å². The van der Waals surface area contributed by atoms with Crippen molar-refractivity contribution in [3.05, 3.63) is 48.0 Å². The number of carboxylic acid groups (broad SMARTS) is 1. The molecule has 1 rings (SSSR count). The Balaban J connectivity index is 1.99. The number of amides is 1. The van der Waals surface area contributed by atoms with Crippen LogP contribution in [-0.4, -0.2) is 23.0 Å². The van der Waals surface area contributed by atoms with Crippen molar-refractivity contribution in [1.82, 2.24) is 5.32 Å². The standard InChI is InChI=1S/C27H43NO3/c1-2-3-4-5-6-7-8-9-10-11-12-13-14-15-19-22-26(29)28-25(27(30)31)23-24-20-17-16-18-21-24/h7-8,16-18,20-21,25H,2-6,9-15,19,22-23H2,1H3,(H,28,29)(H,30,31)/b8-7+/t25-/m0/s1. The number of carbonyl (C=O) groups excluding carboxylic acids is 1. The molecule has 4 nitrogen and oxygen atoms in total. The molecule has 0 heterocycles. The number of hydrogen-bond donors (Lipinski definition) is 2. The second kappa shape index (κ2) is 18.7. The first-order valence-electron chi connectivity index (χ1n) is 12.3. The Morgan fingerprint density at radius 2 is 1.39 bits per heavy atom. The lowest BCUT2D eigenvalue weighted by Crippen LogP contribution is -2.42. The van der Waals surface area contributed by atoms with Gasteiger partial charge in [0, 0.05) is 12.8 Å². The van der Waals surface area contributed by atoms with Crippen LogP contribution < -0.4 is 5.32 Å². The summed E-state index contributed by atoms with van der Waals surface area (Å²) in [5.41, 5.74) is 0.915. The normalized spacial score (nSPS) is 12.2. The molecule has 1 aromatic carbocycles. The van der Waals surface area contributed by atoms with Gasteiger partial charge in [-0.15, -0.1) is 0 Å². The molecule has 0 spiro atoms. The minimum Gasteiger partial charge on any atom is -0.480 e. The van der Waals surface area contributed by atoms with E-state index in [9.17, 15) is 14.7 Å². The minimum atomic E-state index is -0.983. The minimum absolute atomic E-state index is 0.162. The molecule has 174 valence electrons. The summed E-state index contributed by atoms with van der Waals surface area (Å²) in [6.07, 6.45) is 21.2. The summed E-state index contributed by atoms with van der Waals surface area (Å²) in [5.74, 6) is -1.15. The Bertz CT molecular complexity index is 612. The van der Waals surface area contributed by atoms with Gasteiger partial charge < -0.3 is 10.4 Å². The number of carbonyl (C=O) groups is 2. The molecule has 0 saturated carbocycles. The van der Waals surface area contributed by atoms with Gasteiger partial charge in [-0.2, -0.15) is 0 Å². The molecule has 0 saturated heterocycles. The molecule has 0 aromatic heterocycles. The van der Waals surface area contributed by atoms with Gasteiger partial charge >= 0.3 is 5.97 Å². The Kier molecular flexibility index (Phi) is 16.2. The maximum atomic E-state index is 12.1. The third-order valence-electron chi connectivity index (χ3n) is 5.58. The Hall–Kier alpha value is -2.10. The first kappa shape index (κ1) is 26.9. The highest BCUT2D eigenvalue weighted by Gasteiger charge is 2.19. The van der Waals surface area contributed by atoms with E-state index in [0.717, 1.165) is 24.8 Å². The third-order valence-corrected chi connectivity index (χ3v) is 5.58. The van der Waals surface area contributed by atoms with Gasteiger partial charge in [-0.05, 0) is 37.7 Å². The molecule has 0 unspecified atom stereocenters. The van der Waals surface area contributed by atoms with Gasteiger partial charge in [-0.3, -0.25) is 4.79 Å². The van der Waals surface area contributed by atoms with Gasteiger partial charge in [0.2, 0.25) is 5.91 Å². The highest BCUT2D eigenvalue weighted by molar-refractivity contribution is 5.83. The fourth-order valence-electron chi connectivity index (χ4n) is 3.67. The van der Waals surface area contributed by atoms with Crippen LogP contribution >= 0.6 is 0 Å². The second-order valence-corrected chi connectivity index (χ2v) is 8.48. The predicted octanol–water partition coefficient (Wildman–Crippen LogP) is 6.84. The maximum Gasteiger partial charge on any atom is 0.326 e. The lowest BCUT2D eigenvalue weighted by molar-refractivity contribution is -0.141. The Morgan fingerprint density at radius 3 is 1.97 bits per heavy atom. The Labute approximate surface area is 189 Å². The molecule has 0 aliphatic rings. The van der Waals surface area contributed by atoms with Crippen LogP contribution in [0.1, 0.15) is 102 Å². The molecular formula is C27H43NO3. The van der Waals surface area contributed by atoms with Gasteiger partial charge in [0.05, 0.1) is 0 Å². The molecule has 2 N–H and O–H groups in total. The van der Waals surface area contributed by atoms with Crippen molar-refractivity contribution in [2.24, 2.45) is 0 Å². The number of hydrogen-bond acceptors (Lipinski definition) is 2. The lowest BCUT2D eigenvalue weighted by atomic mass is 10.0. The summed E-state index contributed by atoms with van der Waals surface area (Å²) >= 11 is 0. The number of rotatable bonds is 19. The number of aliphatic carboxylic acids is 1. The average molecular weight is 430 g/mol. The summed E-state index contributed by atoms with van der Waals surface area (Å²) in [7, 11) is 0. The molecule has 0 aliphatic carbocycles. The van der Waals surface area contributed by atoms with Crippen LogP contribution in [0.15, 0.2) is 42.5 Å². The summed E-state index contributed by atoms with van der Waals surface area (Å²) in [4.78, 5) is 23.5. The number of allylic oxidation sites excluding steroid dienone is 2. The van der Waals surface area contributed by atoms with Crippen LogP contribution in [0.5, 0.6) is 0 Å². The van der Waals surface area contributed by atoms with Gasteiger partial charge in [0.25, 0.3) is 0 Å². The fraction of sp³-hybridized carbons (Fsp3) is 0.630. The zero-order valence-corrected chi connectivity index (χ0v) is 19.5. The van der Waals surface area contributed by atoms with Crippen molar-refractivity contribution in [1.29, 1.82) is 0 Å². The molecule has 1 amide bonds. The second-order valence-electron chi connectivity index (χ2n) is 8.48. The van der Waals surface area contributed by atoms with Crippen molar-refractivity contribution >= 4 is 11.9 Å². The van der Waals surface area contributed by atoms with E-state index in [1.807, 2.05) is 30.3 Å². The number of nitrogens with one attached hydrogen (secondary N) is 1. The molecule has 4 heteroatoms. The van der Waals surface area contributed by atoms with E-state index in [2.05, 4.69) is 24.4 Å². The van der Waals surface area contributed by atoms with Crippen LogP contribution in [-0.2, 0) is 16.0 Å². The summed E-state index contributed by atoms with van der Waals surface area (Å²) in [6.45, 7) is 2.25. The predicted molar refractivity (Wildman–Crippen MR) is 129 cm³/mol. The van der Waals surface area contributed by atoms with Crippen molar-refractivity contribution < 1.29 is 14.7 Å². The van der Waals surface area contributed by atoms with Gasteiger partial charge in [-0.1, -0.05) is 101 Å². The smallest absolute Gasteiger partial charge is 0.326 e. The number of carboxylic acids is 1. The average Bonchev–Trinajstić information content (AvgIpc) is 2.76. The van der Waals surface area contributed by atoms with Gasteiger partial charge in [0.1, 0.15) is 6.04 Å². The van der Waals surface area contributed by atoms with E-state index in [0.29, 0.717) is 12.8 Å². The highest BCUT2D eigenvalue weighted by Crippen LogP contribution is 2.11. The molecule has 1 atom stereocenters. The molecular weight excluding hydrogens is 386 g/mol. The molecule has 0 radical (unpaired) electrons. The fourth-order valence-corrected chi connectivity index (χ4v) is 3.67. The van der Waals surface area contributed by atoms with Gasteiger partial charge in [0.15, 0.2) is 0 Å². The van der Waals surface area contributed by atoms with Crippen molar-refractivity contribution in [2.45, 2.75) is 109 Å². The SMILES string of the molecule is CCCCCC/C=C/CCCCCCCCCC(=O)N[C@@H](Cc1ccccc1)C(=O)O. The molecule has 31 heavy (non-hydrogen) atoms. The van der Waals surface area contributed by atoms with E-state index in [1.165, 1.54) is 64.2 Å². The number of benzene rings is 1. The van der Waals surface area contributed by atoms with Crippen molar-refractivity contribution in [3.63, 3.8) is 0 Å².